The first-order valence-corrected chi connectivity index (χ1v) is 7.89. The van der Waals surface area contributed by atoms with Gasteiger partial charge in [-0.25, -0.2) is 18.2 Å². The fraction of sp³-hybridized carbons (Fsp3) is 0.176. The summed E-state index contributed by atoms with van der Waals surface area (Å²) in [6, 6.07) is 6.32. The highest BCUT2D eigenvalue weighted by molar-refractivity contribution is 7.18. The number of thiazole rings is 1. The molecule has 3 aromatic rings. The maximum absolute atomic E-state index is 13.7. The van der Waals surface area contributed by atoms with Crippen LogP contribution in [0.3, 0.4) is 0 Å². The highest BCUT2D eigenvalue weighted by Gasteiger charge is 2.17. The summed E-state index contributed by atoms with van der Waals surface area (Å²) in [4.78, 5) is 14.9. The molecule has 0 unspecified atom stereocenters. The number of halogens is 3. The molecule has 2 aromatic carbocycles. The van der Waals surface area contributed by atoms with E-state index in [1.54, 1.807) is 12.1 Å². The molecule has 0 aliphatic carbocycles. The summed E-state index contributed by atoms with van der Waals surface area (Å²) in [7, 11) is 0. The van der Waals surface area contributed by atoms with Gasteiger partial charge in [-0.3, -0.25) is 4.79 Å². The summed E-state index contributed by atoms with van der Waals surface area (Å²) < 4.78 is 40.5. The van der Waals surface area contributed by atoms with Gasteiger partial charge in [-0.05, 0) is 24.1 Å². The molecule has 0 spiro atoms. The van der Waals surface area contributed by atoms with E-state index in [2.05, 4.69) is 4.98 Å². The molecule has 3 nitrogen and oxygen atoms in total. The highest BCUT2D eigenvalue weighted by Crippen LogP contribution is 2.29. The zero-order valence-corrected chi connectivity index (χ0v) is 13.4. The lowest BCUT2D eigenvalue weighted by molar-refractivity contribution is -0.136. The zero-order chi connectivity index (χ0) is 17.4. The Morgan fingerprint density at radius 2 is 1.83 bits per heavy atom. The Hall–Kier alpha value is -2.41. The summed E-state index contributed by atoms with van der Waals surface area (Å²) in [6.45, 7) is 1.84. The van der Waals surface area contributed by atoms with Gasteiger partial charge in [0.25, 0.3) is 0 Å². The molecular weight excluding hydrogens is 339 g/mol. The molecule has 0 radical (unpaired) electrons. The first-order valence-electron chi connectivity index (χ1n) is 7.07. The number of rotatable bonds is 4. The van der Waals surface area contributed by atoms with E-state index in [0.717, 1.165) is 28.5 Å². The second-order valence-corrected chi connectivity index (χ2v) is 6.63. The van der Waals surface area contributed by atoms with Crippen molar-refractivity contribution in [3.63, 3.8) is 0 Å². The van der Waals surface area contributed by atoms with Gasteiger partial charge in [-0.2, -0.15) is 0 Å². The molecule has 1 N–H and O–H groups in total. The molecule has 1 aromatic heterocycles. The normalized spacial score (nSPS) is 11.2. The van der Waals surface area contributed by atoms with Crippen molar-refractivity contribution < 1.29 is 23.1 Å². The van der Waals surface area contributed by atoms with E-state index >= 15 is 0 Å². The third-order valence-electron chi connectivity index (χ3n) is 3.47. The monoisotopic (exact) mass is 351 g/mol. The molecule has 0 fully saturated rings. The maximum atomic E-state index is 13.7. The Bertz CT molecular complexity index is 953. The molecule has 0 saturated carbocycles. The van der Waals surface area contributed by atoms with E-state index in [4.69, 9.17) is 5.11 Å². The maximum Gasteiger partial charge on any atom is 0.307 e. The molecule has 7 heteroatoms. The molecule has 0 aliphatic heterocycles. The topological polar surface area (TPSA) is 50.2 Å². The van der Waals surface area contributed by atoms with Gasteiger partial charge in [0, 0.05) is 6.42 Å². The van der Waals surface area contributed by atoms with E-state index in [1.807, 2.05) is 13.0 Å². The van der Waals surface area contributed by atoms with E-state index in [0.29, 0.717) is 17.0 Å². The second kappa shape index (κ2) is 6.24. The van der Waals surface area contributed by atoms with Gasteiger partial charge in [0.2, 0.25) is 0 Å². The first kappa shape index (κ1) is 16.4. The molecule has 24 heavy (non-hydrogen) atoms. The summed E-state index contributed by atoms with van der Waals surface area (Å²) in [5, 5.41) is 9.39. The first-order chi connectivity index (χ1) is 11.3. The number of carbonyl (C=O) groups is 1. The molecule has 0 saturated heterocycles. The standard InChI is InChI=1S/C17H12F3NO2S/c1-8-2-9(4-10(3-8)6-14(22)23)5-13-21-17-12(24-13)7-11(18)15(19)16(17)20/h2-4,7H,5-6H2,1H3,(H,22,23). The van der Waals surface area contributed by atoms with Crippen LogP contribution < -0.4 is 0 Å². The van der Waals surface area contributed by atoms with Crippen LogP contribution in [-0.4, -0.2) is 16.1 Å². The number of aromatic nitrogens is 1. The summed E-state index contributed by atoms with van der Waals surface area (Å²) in [5.74, 6) is -4.99. The third kappa shape index (κ3) is 3.26. The van der Waals surface area contributed by atoms with Crippen LogP contribution in [0, 0.1) is 24.4 Å². The van der Waals surface area contributed by atoms with Gasteiger partial charge >= 0.3 is 5.97 Å². The van der Waals surface area contributed by atoms with Crippen molar-refractivity contribution in [1.29, 1.82) is 0 Å². The van der Waals surface area contributed by atoms with Gasteiger partial charge in [-0.1, -0.05) is 23.8 Å². The van der Waals surface area contributed by atoms with Crippen molar-refractivity contribution in [3.05, 3.63) is 63.4 Å². The number of nitrogens with zero attached hydrogens (tertiary/aromatic N) is 1. The van der Waals surface area contributed by atoms with Crippen LogP contribution in [0.4, 0.5) is 13.2 Å². The highest BCUT2D eigenvalue weighted by atomic mass is 32.1. The minimum Gasteiger partial charge on any atom is -0.481 e. The van der Waals surface area contributed by atoms with Gasteiger partial charge < -0.3 is 5.11 Å². The van der Waals surface area contributed by atoms with Crippen LogP contribution in [-0.2, 0) is 17.6 Å². The number of hydrogen-bond acceptors (Lipinski definition) is 3. The quantitative estimate of drug-likeness (QED) is 0.715. The average molecular weight is 351 g/mol. The minimum atomic E-state index is -1.53. The molecule has 0 atom stereocenters. The van der Waals surface area contributed by atoms with E-state index in [1.165, 1.54) is 0 Å². The molecule has 124 valence electrons. The van der Waals surface area contributed by atoms with Crippen LogP contribution in [0.15, 0.2) is 24.3 Å². The Labute approximate surface area is 139 Å². The van der Waals surface area contributed by atoms with Crippen LogP contribution in [0.25, 0.3) is 10.2 Å². The second-order valence-electron chi connectivity index (χ2n) is 5.51. The number of hydrogen-bond donors (Lipinski definition) is 1. The van der Waals surface area contributed by atoms with Gasteiger partial charge in [-0.15, -0.1) is 11.3 Å². The number of aliphatic carboxylic acids is 1. The van der Waals surface area contributed by atoms with Crippen molar-refractivity contribution in [1.82, 2.24) is 4.98 Å². The fourth-order valence-electron chi connectivity index (χ4n) is 2.60. The number of benzene rings is 2. The van der Waals surface area contributed by atoms with E-state index < -0.39 is 23.4 Å². The van der Waals surface area contributed by atoms with Crippen molar-refractivity contribution in [2.45, 2.75) is 19.8 Å². The predicted molar refractivity (Wildman–Crippen MR) is 84.8 cm³/mol. The van der Waals surface area contributed by atoms with Gasteiger partial charge in [0.15, 0.2) is 17.5 Å². The van der Waals surface area contributed by atoms with E-state index in [9.17, 15) is 18.0 Å². The number of carboxylic acids is 1. The van der Waals surface area contributed by atoms with Crippen molar-refractivity contribution in [2.75, 3.05) is 0 Å². The minimum absolute atomic E-state index is 0.0976. The van der Waals surface area contributed by atoms with E-state index in [-0.39, 0.29) is 16.6 Å². The molecular formula is C17H12F3NO2S. The zero-order valence-electron chi connectivity index (χ0n) is 12.6. The number of aryl methyl sites for hydroxylation is 1. The van der Waals surface area contributed by atoms with Gasteiger partial charge in [0.05, 0.1) is 16.1 Å². The number of fused-ring (bicyclic) bond motifs is 1. The smallest absolute Gasteiger partial charge is 0.307 e. The molecule has 0 aliphatic rings. The van der Waals surface area contributed by atoms with Crippen LogP contribution in [0.2, 0.25) is 0 Å². The lowest BCUT2D eigenvalue weighted by Gasteiger charge is -2.05. The molecule has 3 rings (SSSR count). The lowest BCUT2D eigenvalue weighted by Crippen LogP contribution is -2.01. The number of carboxylic acid groups (broad SMARTS) is 1. The Kier molecular flexibility index (Phi) is 4.28. The lowest BCUT2D eigenvalue weighted by atomic mass is 10.0. The molecule has 0 bridgehead atoms. The Morgan fingerprint density at radius 3 is 2.54 bits per heavy atom. The van der Waals surface area contributed by atoms with Crippen molar-refractivity contribution in [2.24, 2.45) is 0 Å². The summed E-state index contributed by atoms with van der Waals surface area (Å²) >= 11 is 1.08. The predicted octanol–water partition coefficient (Wildman–Crippen LogP) is 4.24. The molecule has 0 amide bonds. The SMILES string of the molecule is Cc1cc(CC(=O)O)cc(Cc2nc3c(F)c(F)c(F)cc3s2)c1. The summed E-state index contributed by atoms with van der Waals surface area (Å²) in [6.07, 6.45) is 0.232. The van der Waals surface area contributed by atoms with Crippen LogP contribution >= 0.6 is 11.3 Å². The Balaban J connectivity index is 1.97. The average Bonchev–Trinajstić information content (AvgIpc) is 2.86. The van der Waals surface area contributed by atoms with Crippen molar-refractivity contribution >= 4 is 27.5 Å². The van der Waals surface area contributed by atoms with Crippen LogP contribution in [0.1, 0.15) is 21.7 Å². The fourth-order valence-corrected chi connectivity index (χ4v) is 3.62. The summed E-state index contributed by atoms with van der Waals surface area (Å²) in [5.41, 5.74) is 2.17. The Morgan fingerprint density at radius 1 is 1.12 bits per heavy atom. The molecule has 1 heterocycles. The van der Waals surface area contributed by atoms with Crippen LogP contribution in [0.5, 0.6) is 0 Å². The van der Waals surface area contributed by atoms with Crippen molar-refractivity contribution in [3.8, 4) is 0 Å². The van der Waals surface area contributed by atoms with Gasteiger partial charge in [0.1, 0.15) is 5.52 Å². The third-order valence-corrected chi connectivity index (χ3v) is 4.48. The largest absolute Gasteiger partial charge is 0.481 e.